The van der Waals surface area contributed by atoms with Gasteiger partial charge in [0.2, 0.25) is 0 Å². The fourth-order valence-electron chi connectivity index (χ4n) is 4.71. The molecule has 2 N–H and O–H groups in total. The normalized spacial score (nSPS) is 18.8. The molecule has 2 aromatic carbocycles. The number of benzene rings is 2. The Morgan fingerprint density at radius 2 is 1.85 bits per heavy atom. The zero-order chi connectivity index (χ0) is 24.0. The number of nitrogens with one attached hydrogen (secondary N) is 2. The van der Waals surface area contributed by atoms with E-state index >= 15 is 0 Å². The molecule has 2 heterocycles. The second kappa shape index (κ2) is 8.71. The van der Waals surface area contributed by atoms with Gasteiger partial charge in [-0.1, -0.05) is 67.5 Å². The number of Topliss-reactive ketones (excluding diaryl/α,β-unsaturated/α-hetero) is 1. The Hall–Kier alpha value is -2.90. The Kier molecular flexibility index (Phi) is 5.86. The van der Waals surface area contributed by atoms with E-state index in [1.54, 1.807) is 30.3 Å². The lowest BCUT2D eigenvalue weighted by Crippen LogP contribution is -2.37. The molecule has 3 aromatic rings. The zero-order valence-corrected chi connectivity index (χ0v) is 20.3. The van der Waals surface area contributed by atoms with Gasteiger partial charge in [-0.05, 0) is 41.2 Å². The maximum atomic E-state index is 14.0. The Labute approximate surface area is 205 Å². The maximum absolute atomic E-state index is 14.0. The van der Waals surface area contributed by atoms with Gasteiger partial charge in [0, 0.05) is 34.4 Å². The summed E-state index contributed by atoms with van der Waals surface area (Å²) >= 11 is 7.36. The van der Waals surface area contributed by atoms with Crippen molar-refractivity contribution in [3.8, 4) is 0 Å². The van der Waals surface area contributed by atoms with Gasteiger partial charge in [-0.25, -0.2) is 9.37 Å². The average molecular weight is 496 g/mol. The van der Waals surface area contributed by atoms with Crippen LogP contribution in [0.4, 0.5) is 10.2 Å². The van der Waals surface area contributed by atoms with Crippen molar-refractivity contribution in [2.45, 2.75) is 43.5 Å². The topological polar surface area (TPSA) is 74.8 Å². The van der Waals surface area contributed by atoms with Gasteiger partial charge >= 0.3 is 0 Å². The van der Waals surface area contributed by atoms with Gasteiger partial charge < -0.3 is 10.3 Å². The highest BCUT2D eigenvalue weighted by Crippen LogP contribution is 2.47. The van der Waals surface area contributed by atoms with Crippen molar-refractivity contribution >= 4 is 35.0 Å². The SMILES string of the molecule is CC1(C)CC(=O)C2=C(C1)Nc1nc(SCc3ccccc3F)[nH]c(=O)c1C2c1ccc(Cl)cc1. The molecule has 5 rings (SSSR count). The number of aromatic amines is 1. The quantitative estimate of drug-likeness (QED) is 0.340. The van der Waals surface area contributed by atoms with Gasteiger partial charge in [-0.3, -0.25) is 9.59 Å². The highest BCUT2D eigenvalue weighted by Gasteiger charge is 2.42. The van der Waals surface area contributed by atoms with E-state index in [1.807, 2.05) is 12.1 Å². The number of thioether (sulfide) groups is 1. The number of aromatic nitrogens is 2. The number of nitrogens with zero attached hydrogens (tertiary/aromatic N) is 1. The zero-order valence-electron chi connectivity index (χ0n) is 18.7. The summed E-state index contributed by atoms with van der Waals surface area (Å²) in [6, 6.07) is 13.7. The van der Waals surface area contributed by atoms with Crippen molar-refractivity contribution in [1.82, 2.24) is 9.97 Å². The molecule has 1 aliphatic heterocycles. The molecule has 0 spiro atoms. The number of hydrogen-bond donors (Lipinski definition) is 2. The van der Waals surface area contributed by atoms with Crippen molar-refractivity contribution in [2.75, 3.05) is 5.32 Å². The summed E-state index contributed by atoms with van der Waals surface area (Å²) in [7, 11) is 0. The average Bonchev–Trinajstić information content (AvgIpc) is 2.77. The minimum absolute atomic E-state index is 0.0294. The molecule has 0 fully saturated rings. The van der Waals surface area contributed by atoms with Crippen LogP contribution in [0.3, 0.4) is 0 Å². The van der Waals surface area contributed by atoms with Crippen LogP contribution >= 0.6 is 23.4 Å². The maximum Gasteiger partial charge on any atom is 0.257 e. The van der Waals surface area contributed by atoms with Crippen LogP contribution < -0.4 is 10.9 Å². The number of halogens is 2. The van der Waals surface area contributed by atoms with Crippen LogP contribution in [0.5, 0.6) is 0 Å². The van der Waals surface area contributed by atoms with Crippen LogP contribution in [-0.4, -0.2) is 15.8 Å². The number of ketones is 1. The monoisotopic (exact) mass is 495 g/mol. The second-order valence-corrected chi connectivity index (χ2v) is 10.9. The van der Waals surface area contributed by atoms with Crippen LogP contribution in [0.2, 0.25) is 5.02 Å². The Morgan fingerprint density at radius 3 is 2.59 bits per heavy atom. The first kappa shape index (κ1) is 22.9. The lowest BCUT2D eigenvalue weighted by molar-refractivity contribution is -0.118. The summed E-state index contributed by atoms with van der Waals surface area (Å²) in [5.41, 5.74) is 2.65. The van der Waals surface area contributed by atoms with Crippen LogP contribution in [-0.2, 0) is 10.5 Å². The fraction of sp³-hybridized carbons (Fsp3) is 0.269. The fourth-order valence-corrected chi connectivity index (χ4v) is 5.68. The summed E-state index contributed by atoms with van der Waals surface area (Å²) in [6.07, 6.45) is 1.08. The molecular weight excluding hydrogens is 473 g/mol. The van der Waals surface area contributed by atoms with E-state index in [1.165, 1.54) is 17.8 Å². The third-order valence-electron chi connectivity index (χ3n) is 6.23. The standard InChI is InChI=1S/C26H23ClFN3O2S/c1-26(2)11-18-21(19(32)12-26)20(14-7-9-16(27)10-8-14)22-23(29-18)30-25(31-24(22)33)34-13-15-5-3-4-6-17(15)28/h3-10,20H,11-13H2,1-2H3,(H2,29,30,31,33). The molecule has 0 saturated heterocycles. The molecule has 1 aliphatic carbocycles. The van der Waals surface area contributed by atoms with Crippen LogP contribution in [0.25, 0.3) is 0 Å². The number of carbonyl (C=O) groups is 1. The van der Waals surface area contributed by atoms with E-state index in [4.69, 9.17) is 11.6 Å². The number of carbonyl (C=O) groups excluding carboxylic acids is 1. The summed E-state index contributed by atoms with van der Waals surface area (Å²) in [5, 5.41) is 4.27. The number of hydrogen-bond acceptors (Lipinski definition) is 5. The van der Waals surface area contributed by atoms with Gasteiger partial charge in [0.25, 0.3) is 5.56 Å². The lowest BCUT2D eigenvalue weighted by Gasteiger charge is -2.38. The van der Waals surface area contributed by atoms with E-state index in [0.29, 0.717) is 51.3 Å². The second-order valence-electron chi connectivity index (χ2n) is 9.46. The number of rotatable bonds is 4. The summed E-state index contributed by atoms with van der Waals surface area (Å²) in [4.78, 5) is 34.1. The Balaban J connectivity index is 1.59. The van der Waals surface area contributed by atoms with E-state index in [-0.39, 0.29) is 22.6 Å². The molecule has 1 unspecified atom stereocenters. The smallest absolute Gasteiger partial charge is 0.257 e. The number of allylic oxidation sites excluding steroid dienone is 2. The molecule has 0 bridgehead atoms. The third-order valence-corrected chi connectivity index (χ3v) is 7.40. The van der Waals surface area contributed by atoms with E-state index in [0.717, 1.165) is 11.3 Å². The predicted octanol–water partition coefficient (Wildman–Crippen LogP) is 6.06. The predicted molar refractivity (Wildman–Crippen MR) is 133 cm³/mol. The van der Waals surface area contributed by atoms with Gasteiger partial charge in [0.1, 0.15) is 11.6 Å². The summed E-state index contributed by atoms with van der Waals surface area (Å²) in [5.74, 6) is -0.0391. The number of H-pyrrole nitrogens is 1. The lowest BCUT2D eigenvalue weighted by atomic mass is 9.69. The minimum Gasteiger partial charge on any atom is -0.343 e. The highest BCUT2D eigenvalue weighted by atomic mass is 35.5. The number of fused-ring (bicyclic) bond motifs is 1. The Bertz CT molecular complexity index is 1380. The first-order valence-corrected chi connectivity index (χ1v) is 12.4. The number of anilines is 1. The Morgan fingerprint density at radius 1 is 1.12 bits per heavy atom. The van der Waals surface area contributed by atoms with Crippen molar-refractivity contribution in [3.63, 3.8) is 0 Å². The largest absolute Gasteiger partial charge is 0.343 e. The summed E-state index contributed by atoms with van der Waals surface area (Å²) in [6.45, 7) is 4.12. The van der Waals surface area contributed by atoms with Crippen LogP contribution in [0, 0.1) is 11.2 Å². The van der Waals surface area contributed by atoms with Crippen molar-refractivity contribution in [1.29, 1.82) is 0 Å². The van der Waals surface area contributed by atoms with E-state index < -0.39 is 5.92 Å². The minimum atomic E-state index is -0.533. The molecule has 34 heavy (non-hydrogen) atoms. The third kappa shape index (κ3) is 4.30. The van der Waals surface area contributed by atoms with Gasteiger partial charge in [-0.15, -0.1) is 0 Å². The van der Waals surface area contributed by atoms with Crippen molar-refractivity contribution in [3.05, 3.63) is 97.7 Å². The molecule has 8 heteroatoms. The van der Waals surface area contributed by atoms with E-state index in [2.05, 4.69) is 29.1 Å². The molecule has 5 nitrogen and oxygen atoms in total. The van der Waals surface area contributed by atoms with Gasteiger partial charge in [0.05, 0.1) is 5.56 Å². The molecule has 174 valence electrons. The first-order valence-electron chi connectivity index (χ1n) is 11.0. The van der Waals surface area contributed by atoms with Gasteiger partial charge in [0.15, 0.2) is 10.9 Å². The van der Waals surface area contributed by atoms with Crippen LogP contribution in [0.1, 0.15) is 49.3 Å². The molecule has 0 saturated carbocycles. The molecule has 2 aliphatic rings. The van der Waals surface area contributed by atoms with Crippen molar-refractivity contribution < 1.29 is 9.18 Å². The van der Waals surface area contributed by atoms with Gasteiger partial charge in [-0.2, -0.15) is 0 Å². The molecule has 0 radical (unpaired) electrons. The summed E-state index contributed by atoms with van der Waals surface area (Å²) < 4.78 is 14.0. The first-order chi connectivity index (χ1) is 16.2. The van der Waals surface area contributed by atoms with Crippen molar-refractivity contribution in [2.24, 2.45) is 5.41 Å². The van der Waals surface area contributed by atoms with Crippen LogP contribution in [0.15, 0.2) is 69.8 Å². The molecular formula is C26H23ClFN3O2S. The molecule has 0 amide bonds. The highest BCUT2D eigenvalue weighted by molar-refractivity contribution is 7.98. The molecule has 1 atom stereocenters. The molecule has 1 aromatic heterocycles. The van der Waals surface area contributed by atoms with E-state index in [9.17, 15) is 14.0 Å².